The van der Waals surface area contributed by atoms with E-state index in [2.05, 4.69) is 4.90 Å². The number of carbonyl (C=O) groups is 2. The first-order chi connectivity index (χ1) is 9.06. The lowest BCUT2D eigenvalue weighted by Gasteiger charge is -2.35. The number of hydrogen-bond donors (Lipinski definition) is 1. The Bertz CT molecular complexity index is 348. The molecule has 2 saturated heterocycles. The van der Waals surface area contributed by atoms with Crippen LogP contribution in [0.4, 0.5) is 0 Å². The Morgan fingerprint density at radius 3 is 2.79 bits per heavy atom. The van der Waals surface area contributed by atoms with Gasteiger partial charge in [-0.15, -0.1) is 0 Å². The van der Waals surface area contributed by atoms with E-state index in [9.17, 15) is 9.59 Å². The Balaban J connectivity index is 1.83. The molecule has 0 aromatic rings. The number of ether oxygens (including phenoxy) is 1. The summed E-state index contributed by atoms with van der Waals surface area (Å²) in [6.07, 6.45) is 1.84. The van der Waals surface area contributed by atoms with Gasteiger partial charge in [-0.25, -0.2) is 0 Å². The number of nitrogens with two attached hydrogens (primary N) is 1. The summed E-state index contributed by atoms with van der Waals surface area (Å²) in [6.45, 7) is 5.91. The molecule has 2 amide bonds. The predicted octanol–water partition coefficient (Wildman–Crippen LogP) is -0.569. The van der Waals surface area contributed by atoms with Crippen molar-refractivity contribution >= 4 is 11.8 Å². The van der Waals surface area contributed by atoms with Crippen LogP contribution in [0.1, 0.15) is 19.8 Å². The summed E-state index contributed by atoms with van der Waals surface area (Å²) in [5.41, 5.74) is 5.33. The molecule has 0 aliphatic carbocycles. The fourth-order valence-electron chi connectivity index (χ4n) is 2.76. The fourth-order valence-corrected chi connectivity index (χ4v) is 2.76. The van der Waals surface area contributed by atoms with Gasteiger partial charge in [-0.05, 0) is 19.8 Å². The minimum Gasteiger partial charge on any atom is -0.376 e. The molecule has 2 atom stereocenters. The van der Waals surface area contributed by atoms with E-state index >= 15 is 0 Å². The van der Waals surface area contributed by atoms with Gasteiger partial charge >= 0.3 is 0 Å². The van der Waals surface area contributed by atoms with Crippen molar-refractivity contribution in [1.29, 1.82) is 0 Å². The summed E-state index contributed by atoms with van der Waals surface area (Å²) in [5, 5.41) is 0. The number of carbonyl (C=O) groups excluding carboxylic acids is 2. The minimum absolute atomic E-state index is 0.0973. The van der Waals surface area contributed by atoms with Gasteiger partial charge in [0.1, 0.15) is 0 Å². The van der Waals surface area contributed by atoms with Crippen LogP contribution in [-0.4, -0.2) is 67.0 Å². The Morgan fingerprint density at radius 2 is 2.11 bits per heavy atom. The van der Waals surface area contributed by atoms with E-state index in [0.29, 0.717) is 19.7 Å². The van der Waals surface area contributed by atoms with Crippen molar-refractivity contribution in [2.45, 2.75) is 25.9 Å². The number of nitrogens with zero attached hydrogens (tertiary/aromatic N) is 2. The highest BCUT2D eigenvalue weighted by atomic mass is 16.5. The molecule has 2 fully saturated rings. The van der Waals surface area contributed by atoms with Crippen molar-refractivity contribution in [3.63, 3.8) is 0 Å². The van der Waals surface area contributed by atoms with E-state index in [0.717, 1.165) is 32.5 Å². The van der Waals surface area contributed by atoms with Crippen molar-refractivity contribution in [3.05, 3.63) is 0 Å². The van der Waals surface area contributed by atoms with Crippen LogP contribution in [0, 0.1) is 5.92 Å². The number of primary amides is 1. The first kappa shape index (κ1) is 14.3. The molecule has 2 aliphatic heterocycles. The van der Waals surface area contributed by atoms with Crippen molar-refractivity contribution in [2.24, 2.45) is 11.7 Å². The molecular weight excluding hydrogens is 246 g/mol. The maximum Gasteiger partial charge on any atom is 0.236 e. The molecule has 2 aliphatic rings. The van der Waals surface area contributed by atoms with Gasteiger partial charge in [0.15, 0.2) is 0 Å². The summed E-state index contributed by atoms with van der Waals surface area (Å²) in [5.74, 6) is -0.376. The van der Waals surface area contributed by atoms with E-state index in [1.54, 1.807) is 4.90 Å². The molecule has 2 unspecified atom stereocenters. The number of amides is 2. The van der Waals surface area contributed by atoms with Crippen molar-refractivity contribution in [1.82, 2.24) is 9.80 Å². The molecule has 2 rings (SSSR count). The third kappa shape index (κ3) is 3.91. The Kier molecular flexibility index (Phi) is 4.76. The van der Waals surface area contributed by atoms with E-state index < -0.39 is 0 Å². The topological polar surface area (TPSA) is 75.9 Å². The molecule has 0 aromatic heterocycles. The molecule has 19 heavy (non-hydrogen) atoms. The molecule has 2 N–H and O–H groups in total. The zero-order valence-corrected chi connectivity index (χ0v) is 11.5. The summed E-state index contributed by atoms with van der Waals surface area (Å²) >= 11 is 0. The van der Waals surface area contributed by atoms with Gasteiger partial charge < -0.3 is 15.4 Å². The van der Waals surface area contributed by atoms with Gasteiger partial charge in [-0.2, -0.15) is 0 Å². The number of piperidine rings is 1. The second-order valence-electron chi connectivity index (χ2n) is 5.50. The summed E-state index contributed by atoms with van der Waals surface area (Å²) in [6, 6.07) is 0. The van der Waals surface area contributed by atoms with Crippen LogP contribution in [0.2, 0.25) is 0 Å². The molecular formula is C13H23N3O3. The molecule has 2 heterocycles. The maximum atomic E-state index is 12.2. The Morgan fingerprint density at radius 1 is 1.32 bits per heavy atom. The van der Waals surface area contributed by atoms with Crippen LogP contribution in [0.3, 0.4) is 0 Å². The van der Waals surface area contributed by atoms with Crippen molar-refractivity contribution < 1.29 is 14.3 Å². The number of likely N-dealkylation sites (tertiary alicyclic amines) is 1. The van der Waals surface area contributed by atoms with Crippen LogP contribution in [0.25, 0.3) is 0 Å². The molecule has 0 aromatic carbocycles. The standard InChI is InChI=1S/C13H23N3O3/c1-10-7-15(5-6-19-10)9-12(17)16-4-2-3-11(8-16)13(14)18/h10-11H,2-9H2,1H3,(H2,14,18). The maximum absolute atomic E-state index is 12.2. The van der Waals surface area contributed by atoms with Crippen LogP contribution >= 0.6 is 0 Å². The second-order valence-corrected chi connectivity index (χ2v) is 5.50. The van der Waals surface area contributed by atoms with E-state index in [1.165, 1.54) is 0 Å². The fraction of sp³-hybridized carbons (Fsp3) is 0.846. The summed E-state index contributed by atoms with van der Waals surface area (Å²) in [7, 11) is 0. The Labute approximate surface area is 113 Å². The highest BCUT2D eigenvalue weighted by molar-refractivity contribution is 5.81. The van der Waals surface area contributed by atoms with Crippen molar-refractivity contribution in [2.75, 3.05) is 39.3 Å². The summed E-state index contributed by atoms with van der Waals surface area (Å²) < 4.78 is 5.46. The smallest absolute Gasteiger partial charge is 0.236 e. The lowest BCUT2D eigenvalue weighted by molar-refractivity contribution is -0.137. The molecule has 0 radical (unpaired) electrons. The monoisotopic (exact) mass is 269 g/mol. The molecule has 0 spiro atoms. The van der Waals surface area contributed by atoms with Crippen molar-refractivity contribution in [3.8, 4) is 0 Å². The minimum atomic E-state index is -0.294. The van der Waals surface area contributed by atoms with Gasteiger partial charge in [-0.1, -0.05) is 0 Å². The van der Waals surface area contributed by atoms with E-state index in [1.807, 2.05) is 6.92 Å². The highest BCUT2D eigenvalue weighted by Gasteiger charge is 2.28. The summed E-state index contributed by atoms with van der Waals surface area (Å²) in [4.78, 5) is 27.3. The van der Waals surface area contributed by atoms with Gasteiger partial charge in [0, 0.05) is 26.2 Å². The van der Waals surface area contributed by atoms with Gasteiger partial charge in [0.05, 0.1) is 25.2 Å². The largest absolute Gasteiger partial charge is 0.376 e. The normalized spacial score (nSPS) is 29.2. The quantitative estimate of drug-likeness (QED) is 0.744. The second kappa shape index (κ2) is 6.34. The van der Waals surface area contributed by atoms with E-state index in [-0.39, 0.29) is 23.8 Å². The zero-order valence-electron chi connectivity index (χ0n) is 11.5. The molecule has 108 valence electrons. The third-order valence-electron chi connectivity index (χ3n) is 3.86. The number of morpholine rings is 1. The Hall–Kier alpha value is -1.14. The molecule has 0 bridgehead atoms. The van der Waals surface area contributed by atoms with Crippen LogP contribution in [0.15, 0.2) is 0 Å². The SMILES string of the molecule is CC1CN(CC(=O)N2CCCC(C(N)=O)C2)CCO1. The number of hydrogen-bond acceptors (Lipinski definition) is 4. The first-order valence-corrected chi connectivity index (χ1v) is 6.97. The molecule has 0 saturated carbocycles. The number of rotatable bonds is 3. The van der Waals surface area contributed by atoms with Gasteiger partial charge in [0.25, 0.3) is 0 Å². The van der Waals surface area contributed by atoms with Crippen LogP contribution in [0.5, 0.6) is 0 Å². The van der Waals surface area contributed by atoms with Gasteiger partial charge in [-0.3, -0.25) is 14.5 Å². The average Bonchev–Trinajstić information content (AvgIpc) is 2.39. The zero-order chi connectivity index (χ0) is 13.8. The van der Waals surface area contributed by atoms with Gasteiger partial charge in [0.2, 0.25) is 11.8 Å². The average molecular weight is 269 g/mol. The van der Waals surface area contributed by atoms with Crippen LogP contribution in [-0.2, 0) is 14.3 Å². The predicted molar refractivity (Wildman–Crippen MR) is 70.4 cm³/mol. The van der Waals surface area contributed by atoms with Crippen LogP contribution < -0.4 is 5.73 Å². The third-order valence-corrected chi connectivity index (χ3v) is 3.86. The molecule has 6 heteroatoms. The lowest BCUT2D eigenvalue weighted by atomic mass is 9.97. The molecule has 6 nitrogen and oxygen atoms in total. The lowest BCUT2D eigenvalue weighted by Crippen LogP contribution is -2.50. The highest BCUT2D eigenvalue weighted by Crippen LogP contribution is 2.16. The first-order valence-electron chi connectivity index (χ1n) is 6.97. The van der Waals surface area contributed by atoms with E-state index in [4.69, 9.17) is 10.5 Å².